The van der Waals surface area contributed by atoms with Crippen LogP contribution in [0.2, 0.25) is 0 Å². The molecule has 81 heavy (non-hydrogen) atoms. The van der Waals surface area contributed by atoms with Crippen molar-refractivity contribution in [3.63, 3.8) is 0 Å². The van der Waals surface area contributed by atoms with Crippen LogP contribution in [0.4, 0.5) is 28.6 Å². The number of aromatic nitrogens is 8. The van der Waals surface area contributed by atoms with E-state index in [-0.39, 0.29) is 24.0 Å². The number of nitrogens with zero attached hydrogens (tertiary/aromatic N) is 11. The van der Waals surface area contributed by atoms with Gasteiger partial charge in [-0.25, -0.2) is 9.69 Å². The van der Waals surface area contributed by atoms with Gasteiger partial charge < -0.3 is 60.6 Å². The Morgan fingerprint density at radius 3 is 1.91 bits per heavy atom. The lowest BCUT2D eigenvalue weighted by Gasteiger charge is -2.37. The Labute approximate surface area is 478 Å². The third-order valence-corrected chi connectivity index (χ3v) is 13.6. The molecule has 2 atom stereocenters. The number of anilines is 4. The molecule has 6 aromatic rings. The van der Waals surface area contributed by atoms with Crippen molar-refractivity contribution in [1.82, 2.24) is 59.2 Å². The van der Waals surface area contributed by atoms with E-state index in [2.05, 4.69) is 82.6 Å². The molecule has 25 heteroatoms. The first-order valence-electron chi connectivity index (χ1n) is 27.7. The molecule has 9 rings (SSSR count). The first kappa shape index (κ1) is 61.6. The van der Waals surface area contributed by atoms with Crippen LogP contribution >= 0.6 is 11.6 Å². The molecule has 2 aromatic carbocycles. The van der Waals surface area contributed by atoms with Crippen molar-refractivity contribution in [3.05, 3.63) is 108 Å². The highest BCUT2D eigenvalue weighted by Crippen LogP contribution is 2.26. The summed E-state index contributed by atoms with van der Waals surface area (Å²) in [6.45, 7) is 26.9. The fraction of sp³-hybridized carbons (Fsp3) is 0.500. The predicted molar refractivity (Wildman–Crippen MR) is 312 cm³/mol. The van der Waals surface area contributed by atoms with Gasteiger partial charge in [0, 0.05) is 116 Å². The third kappa shape index (κ3) is 18.2. The fourth-order valence-corrected chi connectivity index (χ4v) is 8.91. The van der Waals surface area contributed by atoms with Crippen molar-refractivity contribution >= 4 is 58.0 Å². The summed E-state index contributed by atoms with van der Waals surface area (Å²) in [4.78, 5) is 46.3. The number of halogens is 1. The Morgan fingerprint density at radius 1 is 0.790 bits per heavy atom. The van der Waals surface area contributed by atoms with Crippen LogP contribution in [0.15, 0.2) is 86.2 Å². The van der Waals surface area contributed by atoms with Crippen LogP contribution in [0.1, 0.15) is 88.0 Å². The number of benzene rings is 2. The van der Waals surface area contributed by atoms with Gasteiger partial charge in [-0.05, 0) is 97.2 Å². The Kier molecular flexibility index (Phi) is 23.8. The maximum absolute atomic E-state index is 12.5. The van der Waals surface area contributed by atoms with E-state index in [1.807, 2.05) is 71.6 Å². The monoisotopic (exact) mass is 1140 g/mol. The number of carbonyl (C=O) groups is 2. The summed E-state index contributed by atoms with van der Waals surface area (Å²) in [5.74, 6) is 3.93. The molecule has 7 N–H and O–H groups in total. The molecule has 438 valence electrons. The van der Waals surface area contributed by atoms with Gasteiger partial charge in [-0.2, -0.15) is 39.2 Å². The summed E-state index contributed by atoms with van der Waals surface area (Å²) in [7, 11) is 0. The number of aliphatic hydroxyl groups excluding tert-OH is 2. The average molecular weight is 1140 g/mol. The molecule has 0 bridgehead atoms. The van der Waals surface area contributed by atoms with E-state index in [9.17, 15) is 19.8 Å². The van der Waals surface area contributed by atoms with E-state index in [1.54, 1.807) is 20.0 Å². The largest absolute Gasteiger partial charge is 0.451 e. The van der Waals surface area contributed by atoms with Gasteiger partial charge in [0.15, 0.2) is 11.3 Å². The Balaban J connectivity index is 0.000000216. The molecule has 0 saturated carbocycles. The second kappa shape index (κ2) is 31.3. The van der Waals surface area contributed by atoms with Gasteiger partial charge in [0.05, 0.1) is 12.4 Å². The maximum Gasteiger partial charge on any atom is 0.415 e. The first-order chi connectivity index (χ1) is 39.2. The lowest BCUT2D eigenvalue weighted by Crippen LogP contribution is -2.54. The van der Waals surface area contributed by atoms with Gasteiger partial charge in [0.25, 0.3) is 6.41 Å². The summed E-state index contributed by atoms with van der Waals surface area (Å²) in [6.07, 6.45) is 6.87. The quantitative estimate of drug-likeness (QED) is 0.0123. The Hall–Kier alpha value is -7.03. The van der Waals surface area contributed by atoms with Gasteiger partial charge in [-0.15, -0.1) is 0 Å². The zero-order valence-electron chi connectivity index (χ0n) is 47.1. The van der Waals surface area contributed by atoms with Gasteiger partial charge in [-0.3, -0.25) is 9.69 Å². The van der Waals surface area contributed by atoms with Crippen molar-refractivity contribution in [1.29, 1.82) is 0 Å². The van der Waals surface area contributed by atoms with Gasteiger partial charge in [-0.1, -0.05) is 65.1 Å². The molecule has 3 aliphatic rings. The fourth-order valence-electron chi connectivity index (χ4n) is 8.91. The van der Waals surface area contributed by atoms with Gasteiger partial charge >= 0.3 is 6.09 Å². The number of allylic oxidation sites excluding steroid dienone is 1. The van der Waals surface area contributed by atoms with Crippen LogP contribution in [0, 0.1) is 0 Å². The molecule has 3 fully saturated rings. The van der Waals surface area contributed by atoms with Crippen LogP contribution in [-0.4, -0.2) is 179 Å². The van der Waals surface area contributed by atoms with Crippen LogP contribution in [0.3, 0.4) is 0 Å². The van der Waals surface area contributed by atoms with E-state index in [1.165, 1.54) is 6.08 Å². The predicted octanol–water partition coefficient (Wildman–Crippen LogP) is 6.27. The highest BCUT2D eigenvalue weighted by atomic mass is 35.5. The SMILES string of the molecule is C=CC(=O)Cl.C=CC(O)N1CCN(C(O)Oc2cccc(CNc3nc(NCCCOCC)nc4c(C(C)C)cnn34)c2)CC1.CC(C)c1cnn2c(NCc3cccc(OC(=O)N4CCNCC4)c3)nc(NC3CCOCC3)nc12. The van der Waals surface area contributed by atoms with Crippen molar-refractivity contribution in [2.45, 2.75) is 97.5 Å². The van der Waals surface area contributed by atoms with Crippen molar-refractivity contribution in [3.8, 4) is 11.5 Å². The first-order valence-corrected chi connectivity index (χ1v) is 28.1. The van der Waals surface area contributed by atoms with Crippen molar-refractivity contribution in [2.24, 2.45) is 0 Å². The summed E-state index contributed by atoms with van der Waals surface area (Å²) >= 11 is 4.71. The molecule has 4 aromatic heterocycles. The van der Waals surface area contributed by atoms with E-state index in [0.29, 0.717) is 107 Å². The molecular weight excluding hydrogens is 1060 g/mol. The second-order valence-corrected chi connectivity index (χ2v) is 20.4. The third-order valence-electron chi connectivity index (χ3n) is 13.5. The number of rotatable bonds is 23. The van der Waals surface area contributed by atoms with Crippen LogP contribution < -0.4 is 36.1 Å². The number of hydrogen-bond donors (Lipinski definition) is 7. The summed E-state index contributed by atoms with van der Waals surface area (Å²) < 4.78 is 25.9. The molecule has 0 spiro atoms. The van der Waals surface area contributed by atoms with Gasteiger partial charge in [0.1, 0.15) is 17.7 Å². The molecule has 1 amide bonds. The average Bonchev–Trinajstić information content (AvgIpc) is 4.14. The normalized spacial score (nSPS) is 16.0. The zero-order chi connectivity index (χ0) is 57.7. The van der Waals surface area contributed by atoms with Crippen LogP contribution in [0.5, 0.6) is 11.5 Å². The standard InChI is InChI=1S/C28H42N8O4.C25H34N8O3.C3H3ClO/c1-5-24(37)34-12-14-35(15-13-34)28(38)40-22-10-7-9-21(17-22)18-30-27-33-26(29-11-8-16-39-6-2)32-25-23(20(3)4)19-31-36(25)27;1-17(2)21-16-28-33-22(21)30-23(29-19-6-12-35-13-7-19)31-24(33)27-15-18-4-3-5-20(14-18)36-25(34)32-10-8-26-9-11-32;1-2-3(4)5/h5,7,9-10,17,19-20,24,28,37-38H,1,6,8,11-16,18H2,2-4H3,(H2,29,30,32,33);3-5,14,16-17,19,26H,6-13,15H2,1-2H3,(H2,27,29,30,31);2H,1H2. The van der Waals surface area contributed by atoms with E-state index in [0.717, 1.165) is 85.2 Å². The van der Waals surface area contributed by atoms with E-state index in [4.69, 9.17) is 45.5 Å². The molecule has 3 saturated heterocycles. The number of aliphatic hydroxyl groups is 2. The minimum Gasteiger partial charge on any atom is -0.451 e. The number of hydrogen-bond acceptors (Lipinski definition) is 21. The summed E-state index contributed by atoms with van der Waals surface area (Å²) in [5.41, 5.74) is 5.58. The molecule has 2 unspecified atom stereocenters. The second-order valence-electron chi connectivity index (χ2n) is 20.0. The van der Waals surface area contributed by atoms with Crippen LogP contribution in [0.25, 0.3) is 11.3 Å². The molecular formula is C56H79ClN16O8. The minimum absolute atomic E-state index is 0.265. The molecule has 0 aliphatic carbocycles. The number of piperazine rings is 2. The lowest BCUT2D eigenvalue weighted by atomic mass is 10.1. The highest BCUT2D eigenvalue weighted by Gasteiger charge is 2.26. The number of ether oxygens (including phenoxy) is 4. The minimum atomic E-state index is -1.08. The smallest absolute Gasteiger partial charge is 0.415 e. The van der Waals surface area contributed by atoms with Crippen LogP contribution in [-0.2, 0) is 27.4 Å². The molecule has 0 radical (unpaired) electrons. The van der Waals surface area contributed by atoms with Crippen molar-refractivity contribution in [2.75, 3.05) is 107 Å². The van der Waals surface area contributed by atoms with Crippen molar-refractivity contribution < 1.29 is 38.7 Å². The van der Waals surface area contributed by atoms with E-state index < -0.39 is 17.9 Å². The highest BCUT2D eigenvalue weighted by molar-refractivity contribution is 6.66. The molecule has 3 aliphatic heterocycles. The van der Waals surface area contributed by atoms with Gasteiger partial charge in [0.2, 0.25) is 29.0 Å². The maximum atomic E-state index is 12.5. The number of amides is 1. The Bertz CT molecular complexity index is 2960. The van der Waals surface area contributed by atoms with E-state index >= 15 is 0 Å². The molecule has 7 heterocycles. The summed E-state index contributed by atoms with van der Waals surface area (Å²) in [5, 5.41) is 46.0. The number of carbonyl (C=O) groups excluding carboxylic acids is 2. The zero-order valence-corrected chi connectivity index (χ0v) is 47.9. The Morgan fingerprint density at radius 2 is 1.35 bits per heavy atom. The number of fused-ring (bicyclic) bond motifs is 2. The lowest BCUT2D eigenvalue weighted by molar-refractivity contribution is -0.153. The number of nitrogens with one attached hydrogen (secondary N) is 5. The molecule has 24 nitrogen and oxygen atoms in total. The topological polar surface area (TPSA) is 268 Å². The summed E-state index contributed by atoms with van der Waals surface area (Å²) in [6, 6.07) is 15.4.